The van der Waals surface area contributed by atoms with Crippen molar-refractivity contribution in [1.29, 1.82) is 0 Å². The van der Waals surface area contributed by atoms with E-state index in [-0.39, 0.29) is 22.9 Å². The number of amides is 1. The first kappa shape index (κ1) is 14.0. The monoisotopic (exact) mass is 263 g/mol. The van der Waals surface area contributed by atoms with Gasteiger partial charge in [-0.3, -0.25) is 4.79 Å². The second-order valence-corrected chi connectivity index (χ2v) is 6.20. The number of halogens is 1. The lowest BCUT2D eigenvalue weighted by atomic mass is 9.73. The van der Waals surface area contributed by atoms with Crippen LogP contribution in [0.15, 0.2) is 18.2 Å². The molecule has 0 spiro atoms. The standard InChI is InChI=1S/C16H22FNO/c1-11-7-6-8-12(14(11)17)15(19)18-13-9-4-5-10-16(13,2)3/h6-8,13H,4-5,9-10H2,1-3H3,(H,18,19). The molecular weight excluding hydrogens is 241 g/mol. The van der Waals surface area contributed by atoms with Gasteiger partial charge in [0.25, 0.3) is 5.91 Å². The third-order valence-corrected chi connectivity index (χ3v) is 4.25. The van der Waals surface area contributed by atoms with Crippen LogP contribution in [0.2, 0.25) is 0 Å². The van der Waals surface area contributed by atoms with Gasteiger partial charge in [-0.1, -0.05) is 38.8 Å². The van der Waals surface area contributed by atoms with Gasteiger partial charge in [0.15, 0.2) is 0 Å². The number of nitrogens with one attached hydrogen (secondary N) is 1. The molecule has 1 saturated carbocycles. The summed E-state index contributed by atoms with van der Waals surface area (Å²) in [6.07, 6.45) is 4.42. The summed E-state index contributed by atoms with van der Waals surface area (Å²) in [5.74, 6) is -0.699. The molecule has 1 unspecified atom stereocenters. The number of rotatable bonds is 2. The number of aryl methyl sites for hydroxylation is 1. The third-order valence-electron chi connectivity index (χ3n) is 4.25. The fourth-order valence-electron chi connectivity index (χ4n) is 2.82. The van der Waals surface area contributed by atoms with Crippen LogP contribution in [0.25, 0.3) is 0 Å². The molecule has 104 valence electrons. The minimum atomic E-state index is -0.409. The van der Waals surface area contributed by atoms with E-state index in [4.69, 9.17) is 0 Å². The second kappa shape index (κ2) is 5.32. The Bertz CT molecular complexity index is 482. The zero-order valence-electron chi connectivity index (χ0n) is 11.9. The van der Waals surface area contributed by atoms with Crippen molar-refractivity contribution in [3.05, 3.63) is 35.1 Å². The lowest BCUT2D eigenvalue weighted by Gasteiger charge is -2.39. The molecule has 0 aromatic heterocycles. The Hall–Kier alpha value is -1.38. The number of hydrogen-bond acceptors (Lipinski definition) is 1. The summed E-state index contributed by atoms with van der Waals surface area (Å²) in [6.45, 7) is 6.02. The molecule has 0 saturated heterocycles. The smallest absolute Gasteiger partial charge is 0.254 e. The Morgan fingerprint density at radius 3 is 2.79 bits per heavy atom. The molecule has 0 aliphatic heterocycles. The molecule has 2 rings (SSSR count). The van der Waals surface area contributed by atoms with E-state index in [9.17, 15) is 9.18 Å². The molecule has 0 heterocycles. The quantitative estimate of drug-likeness (QED) is 0.863. The van der Waals surface area contributed by atoms with Crippen LogP contribution in [-0.2, 0) is 0 Å². The summed E-state index contributed by atoms with van der Waals surface area (Å²) in [7, 11) is 0. The third kappa shape index (κ3) is 2.96. The van der Waals surface area contributed by atoms with Gasteiger partial charge in [0.05, 0.1) is 5.56 Å². The summed E-state index contributed by atoms with van der Waals surface area (Å²) >= 11 is 0. The molecular formula is C16H22FNO. The van der Waals surface area contributed by atoms with Gasteiger partial charge in [-0.15, -0.1) is 0 Å². The highest BCUT2D eigenvalue weighted by atomic mass is 19.1. The Labute approximate surface area is 114 Å². The van der Waals surface area contributed by atoms with Gasteiger partial charge in [0.1, 0.15) is 5.82 Å². The van der Waals surface area contributed by atoms with Crippen molar-refractivity contribution in [2.75, 3.05) is 0 Å². The van der Waals surface area contributed by atoms with Crippen LogP contribution in [-0.4, -0.2) is 11.9 Å². The summed E-state index contributed by atoms with van der Waals surface area (Å²) in [5, 5.41) is 3.01. The van der Waals surface area contributed by atoms with E-state index in [2.05, 4.69) is 19.2 Å². The second-order valence-electron chi connectivity index (χ2n) is 6.20. The number of hydrogen-bond donors (Lipinski definition) is 1. The van der Waals surface area contributed by atoms with Crippen molar-refractivity contribution in [1.82, 2.24) is 5.32 Å². The normalized spacial score (nSPS) is 22.0. The molecule has 0 bridgehead atoms. The van der Waals surface area contributed by atoms with Crippen molar-refractivity contribution in [2.24, 2.45) is 5.41 Å². The van der Waals surface area contributed by atoms with Gasteiger partial charge >= 0.3 is 0 Å². The molecule has 1 aliphatic rings. The van der Waals surface area contributed by atoms with E-state index >= 15 is 0 Å². The van der Waals surface area contributed by atoms with E-state index in [0.29, 0.717) is 5.56 Å². The largest absolute Gasteiger partial charge is 0.349 e. The maximum atomic E-state index is 13.9. The average molecular weight is 263 g/mol. The SMILES string of the molecule is Cc1cccc(C(=O)NC2CCCCC2(C)C)c1F. The predicted molar refractivity (Wildman–Crippen MR) is 74.6 cm³/mol. The first-order chi connectivity index (χ1) is 8.92. The number of carbonyl (C=O) groups excluding carboxylic acids is 1. The van der Waals surface area contributed by atoms with Crippen LogP contribution >= 0.6 is 0 Å². The van der Waals surface area contributed by atoms with Crippen molar-refractivity contribution < 1.29 is 9.18 Å². The van der Waals surface area contributed by atoms with E-state index in [1.54, 1.807) is 25.1 Å². The fraction of sp³-hybridized carbons (Fsp3) is 0.562. The highest BCUT2D eigenvalue weighted by Crippen LogP contribution is 2.35. The van der Waals surface area contributed by atoms with Gasteiger partial charge in [-0.2, -0.15) is 0 Å². The van der Waals surface area contributed by atoms with Crippen molar-refractivity contribution in [3.8, 4) is 0 Å². The van der Waals surface area contributed by atoms with Crippen LogP contribution < -0.4 is 5.32 Å². The molecule has 1 aliphatic carbocycles. The van der Waals surface area contributed by atoms with Crippen molar-refractivity contribution in [2.45, 2.75) is 52.5 Å². The van der Waals surface area contributed by atoms with Crippen molar-refractivity contribution in [3.63, 3.8) is 0 Å². The molecule has 1 aromatic carbocycles. The highest BCUT2D eigenvalue weighted by molar-refractivity contribution is 5.94. The van der Waals surface area contributed by atoms with E-state index < -0.39 is 5.82 Å². The van der Waals surface area contributed by atoms with Crippen LogP contribution in [0.4, 0.5) is 4.39 Å². The Balaban J connectivity index is 2.15. The Morgan fingerprint density at radius 2 is 2.11 bits per heavy atom. The molecule has 1 fully saturated rings. The summed E-state index contributed by atoms with van der Waals surface area (Å²) in [6, 6.07) is 5.08. The van der Waals surface area contributed by atoms with E-state index in [1.165, 1.54) is 6.42 Å². The maximum Gasteiger partial charge on any atom is 0.254 e. The molecule has 3 heteroatoms. The molecule has 0 radical (unpaired) electrons. The average Bonchev–Trinajstić information content (AvgIpc) is 2.35. The van der Waals surface area contributed by atoms with Gasteiger partial charge in [0, 0.05) is 6.04 Å². The van der Waals surface area contributed by atoms with E-state index in [1.807, 2.05) is 0 Å². The molecule has 19 heavy (non-hydrogen) atoms. The first-order valence-electron chi connectivity index (χ1n) is 6.98. The molecule has 1 amide bonds. The van der Waals surface area contributed by atoms with Gasteiger partial charge in [-0.05, 0) is 36.8 Å². The van der Waals surface area contributed by atoms with Crippen LogP contribution in [0, 0.1) is 18.2 Å². The fourth-order valence-corrected chi connectivity index (χ4v) is 2.82. The highest BCUT2D eigenvalue weighted by Gasteiger charge is 2.33. The van der Waals surface area contributed by atoms with Gasteiger partial charge < -0.3 is 5.32 Å². The van der Waals surface area contributed by atoms with E-state index in [0.717, 1.165) is 19.3 Å². The molecule has 1 aromatic rings. The predicted octanol–water partition coefficient (Wildman–Crippen LogP) is 3.83. The Kier molecular flexibility index (Phi) is 3.93. The lowest BCUT2D eigenvalue weighted by Crippen LogP contribution is -2.47. The minimum absolute atomic E-state index is 0.0915. The summed E-state index contributed by atoms with van der Waals surface area (Å²) < 4.78 is 13.9. The zero-order valence-corrected chi connectivity index (χ0v) is 11.9. The lowest BCUT2D eigenvalue weighted by molar-refractivity contribution is 0.0849. The van der Waals surface area contributed by atoms with Crippen LogP contribution in [0.3, 0.4) is 0 Å². The van der Waals surface area contributed by atoms with Crippen molar-refractivity contribution >= 4 is 5.91 Å². The molecule has 1 atom stereocenters. The number of carbonyl (C=O) groups is 1. The van der Waals surface area contributed by atoms with Gasteiger partial charge in [-0.25, -0.2) is 4.39 Å². The Morgan fingerprint density at radius 1 is 1.37 bits per heavy atom. The number of benzene rings is 1. The molecule has 1 N–H and O–H groups in total. The summed E-state index contributed by atoms with van der Waals surface area (Å²) in [5.41, 5.74) is 0.755. The first-order valence-corrected chi connectivity index (χ1v) is 6.98. The van der Waals surface area contributed by atoms with Crippen LogP contribution in [0.1, 0.15) is 55.5 Å². The minimum Gasteiger partial charge on any atom is -0.349 e. The van der Waals surface area contributed by atoms with Gasteiger partial charge in [0.2, 0.25) is 0 Å². The zero-order chi connectivity index (χ0) is 14.0. The maximum absolute atomic E-state index is 13.9. The topological polar surface area (TPSA) is 29.1 Å². The summed E-state index contributed by atoms with van der Waals surface area (Å²) in [4.78, 5) is 12.2. The molecule has 2 nitrogen and oxygen atoms in total. The van der Waals surface area contributed by atoms with Crippen LogP contribution in [0.5, 0.6) is 0 Å².